The van der Waals surface area contributed by atoms with Gasteiger partial charge >= 0.3 is 5.97 Å². The first-order valence-electron chi connectivity index (χ1n) is 4.42. The monoisotopic (exact) mass is 247 g/mol. The predicted molar refractivity (Wildman–Crippen MR) is 60.3 cm³/mol. The molecule has 1 aromatic rings. The quantitative estimate of drug-likeness (QED) is 0.858. The SMILES string of the molecule is NC[C@H](Cc1c(Cl)cccc1Cl)C(=O)O. The molecule has 0 heterocycles. The van der Waals surface area contributed by atoms with E-state index in [0.717, 1.165) is 0 Å². The minimum absolute atomic E-state index is 0.0664. The fourth-order valence-corrected chi connectivity index (χ4v) is 1.80. The second-order valence-electron chi connectivity index (χ2n) is 3.18. The van der Waals surface area contributed by atoms with Crippen LogP contribution in [-0.2, 0) is 11.2 Å². The Morgan fingerprint density at radius 2 is 1.93 bits per heavy atom. The Labute approximate surface area is 97.8 Å². The normalized spacial score (nSPS) is 12.5. The van der Waals surface area contributed by atoms with Gasteiger partial charge in [-0.3, -0.25) is 4.79 Å². The highest BCUT2D eigenvalue weighted by Crippen LogP contribution is 2.26. The molecule has 0 aromatic heterocycles. The molecule has 1 aromatic carbocycles. The van der Waals surface area contributed by atoms with Crippen LogP contribution < -0.4 is 5.73 Å². The van der Waals surface area contributed by atoms with Crippen LogP contribution in [0.3, 0.4) is 0 Å². The number of aliphatic carboxylic acids is 1. The lowest BCUT2D eigenvalue weighted by Gasteiger charge is -2.12. The van der Waals surface area contributed by atoms with E-state index < -0.39 is 11.9 Å². The van der Waals surface area contributed by atoms with Gasteiger partial charge in [-0.05, 0) is 24.1 Å². The molecule has 0 spiro atoms. The largest absolute Gasteiger partial charge is 0.481 e. The van der Waals surface area contributed by atoms with Gasteiger partial charge in [0, 0.05) is 16.6 Å². The van der Waals surface area contributed by atoms with E-state index in [-0.39, 0.29) is 13.0 Å². The Bertz CT molecular complexity index is 348. The van der Waals surface area contributed by atoms with Crippen molar-refractivity contribution in [2.45, 2.75) is 6.42 Å². The van der Waals surface area contributed by atoms with Crippen molar-refractivity contribution in [2.24, 2.45) is 11.7 Å². The molecule has 0 aliphatic heterocycles. The molecule has 0 unspecified atom stereocenters. The van der Waals surface area contributed by atoms with E-state index in [2.05, 4.69) is 0 Å². The van der Waals surface area contributed by atoms with E-state index >= 15 is 0 Å². The molecule has 15 heavy (non-hydrogen) atoms. The van der Waals surface area contributed by atoms with Crippen LogP contribution in [0.15, 0.2) is 18.2 Å². The predicted octanol–water partition coefficient (Wildman–Crippen LogP) is 2.20. The zero-order valence-corrected chi connectivity index (χ0v) is 9.42. The summed E-state index contributed by atoms with van der Waals surface area (Å²) in [6, 6.07) is 5.07. The van der Waals surface area contributed by atoms with Crippen LogP contribution in [0, 0.1) is 5.92 Å². The van der Waals surface area contributed by atoms with Crippen LogP contribution in [0.5, 0.6) is 0 Å². The number of hydrogen-bond donors (Lipinski definition) is 2. The molecule has 1 rings (SSSR count). The van der Waals surface area contributed by atoms with E-state index in [0.29, 0.717) is 15.6 Å². The lowest BCUT2D eigenvalue weighted by Crippen LogP contribution is -2.25. The Morgan fingerprint density at radius 1 is 1.40 bits per heavy atom. The summed E-state index contributed by atoms with van der Waals surface area (Å²) >= 11 is 11.8. The van der Waals surface area contributed by atoms with Crippen molar-refractivity contribution in [3.8, 4) is 0 Å². The van der Waals surface area contributed by atoms with Gasteiger partial charge in [-0.1, -0.05) is 29.3 Å². The molecule has 0 radical (unpaired) electrons. The van der Waals surface area contributed by atoms with E-state index in [1.54, 1.807) is 18.2 Å². The highest BCUT2D eigenvalue weighted by Gasteiger charge is 2.18. The second-order valence-corrected chi connectivity index (χ2v) is 3.99. The molecule has 0 aliphatic carbocycles. The molecule has 3 nitrogen and oxygen atoms in total. The van der Waals surface area contributed by atoms with Gasteiger partial charge in [0.1, 0.15) is 0 Å². The standard InChI is InChI=1S/C10H11Cl2NO2/c11-8-2-1-3-9(12)7(8)4-6(5-13)10(14)15/h1-3,6H,4-5,13H2,(H,14,15)/t6-/m0/s1. The average molecular weight is 248 g/mol. The fourth-order valence-electron chi connectivity index (χ4n) is 1.25. The van der Waals surface area contributed by atoms with Crippen molar-refractivity contribution >= 4 is 29.2 Å². The van der Waals surface area contributed by atoms with Crippen LogP contribution in [-0.4, -0.2) is 17.6 Å². The fraction of sp³-hybridized carbons (Fsp3) is 0.300. The zero-order chi connectivity index (χ0) is 11.4. The molecule has 0 saturated carbocycles. The van der Waals surface area contributed by atoms with E-state index in [9.17, 15) is 4.79 Å². The van der Waals surface area contributed by atoms with Crippen molar-refractivity contribution in [1.82, 2.24) is 0 Å². The van der Waals surface area contributed by atoms with E-state index in [1.807, 2.05) is 0 Å². The summed E-state index contributed by atoms with van der Waals surface area (Å²) in [5, 5.41) is 9.80. The number of carboxylic acids is 1. The van der Waals surface area contributed by atoms with Crippen molar-refractivity contribution in [2.75, 3.05) is 6.54 Å². The maximum Gasteiger partial charge on any atom is 0.308 e. The molecule has 3 N–H and O–H groups in total. The topological polar surface area (TPSA) is 63.3 Å². The van der Waals surface area contributed by atoms with Gasteiger partial charge in [-0.25, -0.2) is 0 Å². The highest BCUT2D eigenvalue weighted by atomic mass is 35.5. The third-order valence-electron chi connectivity index (χ3n) is 2.15. The number of carbonyl (C=O) groups is 1. The Kier molecular flexibility index (Phi) is 4.39. The molecule has 1 atom stereocenters. The number of rotatable bonds is 4. The minimum Gasteiger partial charge on any atom is -0.481 e. The highest BCUT2D eigenvalue weighted by molar-refractivity contribution is 6.36. The van der Waals surface area contributed by atoms with E-state index in [4.69, 9.17) is 34.0 Å². The molecule has 82 valence electrons. The number of nitrogens with two attached hydrogens (primary N) is 1. The first-order valence-corrected chi connectivity index (χ1v) is 5.17. The molecule has 0 aliphatic rings. The molecule has 0 saturated heterocycles. The molecule has 5 heteroatoms. The molecule has 0 amide bonds. The van der Waals surface area contributed by atoms with E-state index in [1.165, 1.54) is 0 Å². The van der Waals surface area contributed by atoms with Crippen LogP contribution in [0.1, 0.15) is 5.56 Å². The van der Waals surface area contributed by atoms with Crippen molar-refractivity contribution in [3.63, 3.8) is 0 Å². The summed E-state index contributed by atoms with van der Waals surface area (Å²) in [4.78, 5) is 10.8. The van der Waals surface area contributed by atoms with Crippen LogP contribution in [0.2, 0.25) is 10.0 Å². The lowest BCUT2D eigenvalue weighted by molar-refractivity contribution is -0.141. The summed E-state index contributed by atoms with van der Waals surface area (Å²) in [5.74, 6) is -1.59. The van der Waals surface area contributed by atoms with Gasteiger partial charge in [0.15, 0.2) is 0 Å². The number of carboxylic acid groups (broad SMARTS) is 1. The summed E-state index contributed by atoms with van der Waals surface area (Å²) in [5.41, 5.74) is 5.99. The van der Waals surface area contributed by atoms with Crippen LogP contribution in [0.4, 0.5) is 0 Å². The molecule has 0 bridgehead atoms. The summed E-state index contributed by atoms with van der Waals surface area (Å²) < 4.78 is 0. The number of halogens is 2. The molecule has 0 fully saturated rings. The zero-order valence-electron chi connectivity index (χ0n) is 7.91. The second kappa shape index (κ2) is 5.35. The first kappa shape index (κ1) is 12.3. The van der Waals surface area contributed by atoms with Crippen LogP contribution >= 0.6 is 23.2 Å². The maximum atomic E-state index is 10.8. The van der Waals surface area contributed by atoms with Gasteiger partial charge in [-0.2, -0.15) is 0 Å². The minimum atomic E-state index is -0.937. The van der Waals surface area contributed by atoms with Gasteiger partial charge in [0.2, 0.25) is 0 Å². The molecular weight excluding hydrogens is 237 g/mol. The summed E-state index contributed by atoms with van der Waals surface area (Å²) in [6.45, 7) is 0.0664. The third kappa shape index (κ3) is 3.09. The number of hydrogen-bond acceptors (Lipinski definition) is 2. The summed E-state index contributed by atoms with van der Waals surface area (Å²) in [6.07, 6.45) is 0.254. The van der Waals surface area contributed by atoms with Gasteiger partial charge in [-0.15, -0.1) is 0 Å². The molecular formula is C10H11Cl2NO2. The van der Waals surface area contributed by atoms with Gasteiger partial charge in [0.05, 0.1) is 5.92 Å². The third-order valence-corrected chi connectivity index (χ3v) is 2.85. The number of benzene rings is 1. The maximum absolute atomic E-state index is 10.8. The Balaban J connectivity index is 2.92. The Hall–Kier alpha value is -0.770. The van der Waals surface area contributed by atoms with Crippen LogP contribution in [0.25, 0.3) is 0 Å². The first-order chi connectivity index (χ1) is 7.06. The van der Waals surface area contributed by atoms with Gasteiger partial charge in [0.25, 0.3) is 0 Å². The average Bonchev–Trinajstić information content (AvgIpc) is 2.17. The summed E-state index contributed by atoms with van der Waals surface area (Å²) in [7, 11) is 0. The van der Waals surface area contributed by atoms with Crippen molar-refractivity contribution < 1.29 is 9.90 Å². The lowest BCUT2D eigenvalue weighted by atomic mass is 9.99. The van der Waals surface area contributed by atoms with Crippen molar-refractivity contribution in [1.29, 1.82) is 0 Å². The Morgan fingerprint density at radius 3 is 2.33 bits per heavy atom. The van der Waals surface area contributed by atoms with Gasteiger partial charge < -0.3 is 10.8 Å². The smallest absolute Gasteiger partial charge is 0.308 e. The van der Waals surface area contributed by atoms with Crippen molar-refractivity contribution in [3.05, 3.63) is 33.8 Å².